The summed E-state index contributed by atoms with van der Waals surface area (Å²) in [6.07, 6.45) is 3.05. The molecule has 7 nitrogen and oxygen atoms in total. The normalized spacial score (nSPS) is 14.1. The number of anilines is 1. The molecular formula is C39H46N4O3S. The zero-order valence-corrected chi connectivity index (χ0v) is 28.6. The van der Waals surface area contributed by atoms with Gasteiger partial charge in [-0.3, -0.25) is 19.8 Å². The number of nitrogens with zero attached hydrogens (tertiary/aromatic N) is 4. The van der Waals surface area contributed by atoms with Gasteiger partial charge in [-0.1, -0.05) is 99.3 Å². The van der Waals surface area contributed by atoms with E-state index in [0.29, 0.717) is 19.0 Å². The third-order valence-electron chi connectivity index (χ3n) is 8.51. The predicted octanol–water partition coefficient (Wildman–Crippen LogP) is 8.61. The Kier molecular flexibility index (Phi) is 13.6. The Morgan fingerprint density at radius 1 is 0.872 bits per heavy atom. The number of nitro benzene ring substituents is 1. The minimum absolute atomic E-state index is 0.0140. The first-order chi connectivity index (χ1) is 23.0. The second-order valence-corrected chi connectivity index (χ2v) is 12.1. The number of piperazine rings is 1. The van der Waals surface area contributed by atoms with E-state index < -0.39 is 4.92 Å². The standard InChI is InChI=1S/C34H34N4O3.C3H6S.C2H6/c39-34-33-23-30(15-14-29(33)25-37(34)24-26-8-7-13-31(22-26)38(40)41)36-20-18-35(19-21-36)17-16-32(27-9-3-1-4-10-27)28-11-5-2-6-12-28;1-3-4-2;1-2/h1-15,22-23,32H,16-21,24-25H2;3H,1H2,2H3;1-2H3. The Balaban J connectivity index is 0.000000776. The van der Waals surface area contributed by atoms with Gasteiger partial charge in [-0.05, 0) is 59.0 Å². The lowest BCUT2D eigenvalue weighted by molar-refractivity contribution is -0.384. The van der Waals surface area contributed by atoms with Crippen molar-refractivity contribution in [2.45, 2.75) is 39.3 Å². The zero-order valence-electron chi connectivity index (χ0n) is 27.8. The Morgan fingerprint density at radius 3 is 2.06 bits per heavy atom. The molecule has 0 aliphatic carbocycles. The van der Waals surface area contributed by atoms with Crippen LogP contribution in [0.4, 0.5) is 11.4 Å². The van der Waals surface area contributed by atoms with Gasteiger partial charge in [-0.2, -0.15) is 0 Å². The first kappa shape index (κ1) is 35.5. The van der Waals surface area contributed by atoms with E-state index in [2.05, 4.69) is 89.2 Å². The van der Waals surface area contributed by atoms with Crippen LogP contribution in [0.5, 0.6) is 0 Å². The first-order valence-corrected chi connectivity index (χ1v) is 17.6. The molecule has 0 radical (unpaired) electrons. The molecule has 0 aromatic heterocycles. The number of hydrogen-bond acceptors (Lipinski definition) is 6. The highest BCUT2D eigenvalue weighted by Gasteiger charge is 2.29. The zero-order chi connectivity index (χ0) is 33.6. The predicted molar refractivity (Wildman–Crippen MR) is 196 cm³/mol. The number of carbonyl (C=O) groups is 1. The lowest BCUT2D eigenvalue weighted by atomic mass is 9.88. The fourth-order valence-electron chi connectivity index (χ4n) is 6.10. The van der Waals surface area contributed by atoms with Crippen LogP contribution in [0.1, 0.15) is 58.8 Å². The number of benzene rings is 4. The van der Waals surface area contributed by atoms with Gasteiger partial charge < -0.3 is 9.80 Å². The van der Waals surface area contributed by atoms with E-state index in [4.69, 9.17) is 0 Å². The van der Waals surface area contributed by atoms with Gasteiger partial charge in [0.15, 0.2) is 0 Å². The molecule has 1 saturated heterocycles. The molecule has 8 heteroatoms. The summed E-state index contributed by atoms with van der Waals surface area (Å²) in [5.74, 6) is 0.364. The molecular weight excluding hydrogens is 605 g/mol. The third kappa shape index (κ3) is 9.56. The summed E-state index contributed by atoms with van der Waals surface area (Å²) in [5.41, 5.74) is 6.36. The van der Waals surface area contributed by atoms with E-state index in [1.165, 1.54) is 17.2 Å². The maximum absolute atomic E-state index is 13.3. The lowest BCUT2D eigenvalue weighted by Gasteiger charge is -2.37. The highest BCUT2D eigenvalue weighted by Crippen LogP contribution is 2.31. The van der Waals surface area contributed by atoms with E-state index >= 15 is 0 Å². The van der Waals surface area contributed by atoms with Crippen LogP contribution in [0.25, 0.3) is 0 Å². The molecule has 2 aliphatic heterocycles. The minimum Gasteiger partial charge on any atom is -0.369 e. The quantitative estimate of drug-likeness (QED) is 0.126. The van der Waals surface area contributed by atoms with Gasteiger partial charge in [0.25, 0.3) is 11.6 Å². The highest BCUT2D eigenvalue weighted by atomic mass is 32.2. The van der Waals surface area contributed by atoms with Crippen LogP contribution in [0.15, 0.2) is 115 Å². The molecule has 4 aromatic rings. The van der Waals surface area contributed by atoms with Crippen molar-refractivity contribution in [3.05, 3.63) is 153 Å². The molecule has 47 heavy (non-hydrogen) atoms. The summed E-state index contributed by atoms with van der Waals surface area (Å²) >= 11 is 1.62. The fraction of sp³-hybridized carbons (Fsp3) is 0.308. The Morgan fingerprint density at radius 2 is 1.49 bits per heavy atom. The number of rotatable bonds is 10. The van der Waals surface area contributed by atoms with Crippen molar-refractivity contribution in [3.63, 3.8) is 0 Å². The number of hydrogen-bond donors (Lipinski definition) is 0. The van der Waals surface area contributed by atoms with Crippen LogP contribution in [0.3, 0.4) is 0 Å². The summed E-state index contributed by atoms with van der Waals surface area (Å²) in [6.45, 7) is 13.2. The summed E-state index contributed by atoms with van der Waals surface area (Å²) in [6, 6.07) is 34.3. The monoisotopic (exact) mass is 650 g/mol. The van der Waals surface area contributed by atoms with Crippen LogP contribution < -0.4 is 4.90 Å². The van der Waals surface area contributed by atoms with Gasteiger partial charge in [-0.25, -0.2) is 0 Å². The van der Waals surface area contributed by atoms with Gasteiger partial charge in [-0.15, -0.1) is 11.8 Å². The molecule has 2 aliphatic rings. The van der Waals surface area contributed by atoms with E-state index in [9.17, 15) is 14.9 Å². The molecule has 0 unspecified atom stereocenters. The minimum atomic E-state index is -0.402. The maximum atomic E-state index is 13.3. The topological polar surface area (TPSA) is 69.9 Å². The molecule has 0 bridgehead atoms. The van der Waals surface area contributed by atoms with Crippen LogP contribution >= 0.6 is 11.8 Å². The van der Waals surface area contributed by atoms with Gasteiger partial charge in [0.1, 0.15) is 0 Å². The number of carbonyl (C=O) groups excluding carboxylic acids is 1. The van der Waals surface area contributed by atoms with Crippen molar-refractivity contribution >= 4 is 29.0 Å². The van der Waals surface area contributed by atoms with Gasteiger partial charge in [0.2, 0.25) is 0 Å². The van der Waals surface area contributed by atoms with Crippen molar-refractivity contribution in [2.24, 2.45) is 0 Å². The van der Waals surface area contributed by atoms with Crippen molar-refractivity contribution in [3.8, 4) is 0 Å². The second-order valence-electron chi connectivity index (χ2n) is 11.3. The summed E-state index contributed by atoms with van der Waals surface area (Å²) in [7, 11) is 0. The van der Waals surface area contributed by atoms with Crippen LogP contribution in [-0.2, 0) is 13.1 Å². The number of fused-ring (bicyclic) bond motifs is 1. The number of non-ortho nitro benzene ring substituents is 1. The van der Waals surface area contributed by atoms with E-state index in [1.54, 1.807) is 34.2 Å². The summed E-state index contributed by atoms with van der Waals surface area (Å²) in [5, 5.41) is 12.9. The van der Waals surface area contributed by atoms with Crippen LogP contribution in [0.2, 0.25) is 0 Å². The SMILES string of the molecule is C=CSC.CC.O=C1c2cc(N3CCN(CCC(c4ccccc4)c4ccccc4)CC3)ccc2CN1Cc1cccc([N+](=O)[O-])c1. The molecule has 4 aromatic carbocycles. The molecule has 1 fully saturated rings. The Hall–Kier alpha value is -4.40. The van der Waals surface area contributed by atoms with Crippen molar-refractivity contribution in [2.75, 3.05) is 43.9 Å². The summed E-state index contributed by atoms with van der Waals surface area (Å²) < 4.78 is 0. The lowest BCUT2D eigenvalue weighted by Crippen LogP contribution is -2.46. The van der Waals surface area contributed by atoms with E-state index in [-0.39, 0.29) is 11.6 Å². The number of nitro groups is 1. The number of thioether (sulfide) groups is 1. The molecule has 6 rings (SSSR count). The smallest absolute Gasteiger partial charge is 0.269 e. The van der Waals surface area contributed by atoms with Crippen LogP contribution in [-0.4, -0.2) is 59.6 Å². The van der Waals surface area contributed by atoms with E-state index in [1.807, 2.05) is 32.2 Å². The highest BCUT2D eigenvalue weighted by molar-refractivity contribution is 8.01. The van der Waals surface area contributed by atoms with Crippen molar-refractivity contribution in [1.82, 2.24) is 9.80 Å². The molecule has 0 atom stereocenters. The fourth-order valence-corrected chi connectivity index (χ4v) is 6.10. The Bertz CT molecular complexity index is 1550. The molecule has 0 spiro atoms. The largest absolute Gasteiger partial charge is 0.369 e. The van der Waals surface area contributed by atoms with Gasteiger partial charge >= 0.3 is 0 Å². The molecule has 0 saturated carbocycles. The average molecular weight is 651 g/mol. The molecule has 246 valence electrons. The Labute approximate surface area is 284 Å². The molecule has 1 amide bonds. The van der Waals surface area contributed by atoms with Crippen LogP contribution in [0, 0.1) is 10.1 Å². The number of amides is 1. The summed E-state index contributed by atoms with van der Waals surface area (Å²) in [4.78, 5) is 30.7. The van der Waals surface area contributed by atoms with Crippen molar-refractivity contribution < 1.29 is 9.72 Å². The second kappa shape index (κ2) is 18.1. The molecule has 0 N–H and O–H groups in total. The van der Waals surface area contributed by atoms with E-state index in [0.717, 1.165) is 61.5 Å². The maximum Gasteiger partial charge on any atom is 0.269 e. The van der Waals surface area contributed by atoms with Gasteiger partial charge in [0, 0.05) is 68.6 Å². The third-order valence-corrected chi connectivity index (χ3v) is 8.84. The molecule has 2 heterocycles. The van der Waals surface area contributed by atoms with Gasteiger partial charge in [0.05, 0.1) is 4.92 Å². The van der Waals surface area contributed by atoms with Crippen molar-refractivity contribution in [1.29, 1.82) is 0 Å². The first-order valence-electron chi connectivity index (χ1n) is 16.3. The average Bonchev–Trinajstić information content (AvgIpc) is 3.44.